The third kappa shape index (κ3) is 3.57. The molecule has 27 heavy (non-hydrogen) atoms. The summed E-state index contributed by atoms with van der Waals surface area (Å²) < 4.78 is 11.8. The first-order valence-corrected chi connectivity index (χ1v) is 8.23. The lowest BCUT2D eigenvalue weighted by molar-refractivity contribution is 0.0463. The topological polar surface area (TPSA) is 87.5 Å². The van der Waals surface area contributed by atoms with Crippen molar-refractivity contribution in [3.05, 3.63) is 69.6 Å². The molecule has 0 saturated carbocycles. The number of Topliss-reactive ketones (excluding diaryl/α,β-unsaturated/α-hetero) is 1. The second-order valence-corrected chi connectivity index (χ2v) is 5.98. The van der Waals surface area contributed by atoms with Crippen LogP contribution in [0.4, 0.5) is 0 Å². The number of aromatic nitrogens is 2. The van der Waals surface area contributed by atoms with Gasteiger partial charge in [0, 0.05) is 23.6 Å². The van der Waals surface area contributed by atoms with Gasteiger partial charge in [0.1, 0.15) is 12.4 Å². The molecular formula is C20H18N2O5. The normalized spacial score (nSPS) is 10.6. The number of fused-ring (bicyclic) bond motifs is 1. The third-order valence-electron chi connectivity index (χ3n) is 4.20. The number of ketones is 1. The molecule has 0 aliphatic rings. The zero-order valence-electron chi connectivity index (χ0n) is 15.2. The molecule has 1 aromatic heterocycles. The van der Waals surface area contributed by atoms with E-state index in [1.165, 1.54) is 21.1 Å². The minimum atomic E-state index is -0.669. The molecule has 3 aromatic rings. The molecule has 138 valence electrons. The van der Waals surface area contributed by atoms with Crippen molar-refractivity contribution in [3.63, 3.8) is 0 Å². The minimum Gasteiger partial charge on any atom is -0.496 e. The van der Waals surface area contributed by atoms with Gasteiger partial charge >= 0.3 is 5.97 Å². The second kappa shape index (κ2) is 7.41. The lowest BCUT2D eigenvalue weighted by Crippen LogP contribution is -2.23. The van der Waals surface area contributed by atoms with Crippen LogP contribution >= 0.6 is 0 Å². The van der Waals surface area contributed by atoms with Crippen molar-refractivity contribution in [2.45, 2.75) is 13.5 Å². The Hall–Kier alpha value is -3.48. The SMILES string of the molecule is COc1ccc(C(C)=O)cc1COC(=O)c1nn(C)c(=O)c2ccccc12. The van der Waals surface area contributed by atoms with Crippen LogP contribution in [0.15, 0.2) is 47.3 Å². The summed E-state index contributed by atoms with van der Waals surface area (Å²) in [5, 5.41) is 4.86. The maximum absolute atomic E-state index is 12.6. The van der Waals surface area contributed by atoms with Crippen molar-refractivity contribution in [2.75, 3.05) is 7.11 Å². The summed E-state index contributed by atoms with van der Waals surface area (Å²) >= 11 is 0. The smallest absolute Gasteiger partial charge is 0.359 e. The van der Waals surface area contributed by atoms with Crippen LogP contribution in [0.3, 0.4) is 0 Å². The maximum atomic E-state index is 12.6. The fourth-order valence-electron chi connectivity index (χ4n) is 2.77. The highest BCUT2D eigenvalue weighted by molar-refractivity contribution is 6.02. The molecule has 7 nitrogen and oxygen atoms in total. The summed E-state index contributed by atoms with van der Waals surface area (Å²) in [6.45, 7) is 1.36. The van der Waals surface area contributed by atoms with Crippen LogP contribution in [0.25, 0.3) is 10.8 Å². The average molecular weight is 366 g/mol. The zero-order valence-corrected chi connectivity index (χ0v) is 15.2. The number of hydrogen-bond acceptors (Lipinski definition) is 6. The van der Waals surface area contributed by atoms with Crippen LogP contribution in [0.2, 0.25) is 0 Å². The largest absolute Gasteiger partial charge is 0.496 e. The van der Waals surface area contributed by atoms with E-state index in [-0.39, 0.29) is 23.6 Å². The first-order chi connectivity index (χ1) is 12.9. The molecule has 1 heterocycles. The molecule has 0 fully saturated rings. The molecule has 0 N–H and O–H groups in total. The highest BCUT2D eigenvalue weighted by Gasteiger charge is 2.18. The Morgan fingerprint density at radius 3 is 2.48 bits per heavy atom. The molecule has 0 aliphatic carbocycles. The molecular weight excluding hydrogens is 348 g/mol. The fraction of sp³-hybridized carbons (Fsp3) is 0.200. The van der Waals surface area contributed by atoms with Crippen molar-refractivity contribution in [3.8, 4) is 5.75 Å². The van der Waals surface area contributed by atoms with Gasteiger partial charge in [0.05, 0.1) is 12.5 Å². The minimum absolute atomic E-state index is 0.0504. The number of hydrogen-bond donors (Lipinski definition) is 0. The van der Waals surface area contributed by atoms with Crippen LogP contribution in [0.5, 0.6) is 5.75 Å². The Bertz CT molecular complexity index is 1100. The van der Waals surface area contributed by atoms with E-state index in [0.717, 1.165) is 4.68 Å². The molecule has 0 bridgehead atoms. The first kappa shape index (κ1) is 18.3. The molecule has 3 rings (SSSR count). The van der Waals surface area contributed by atoms with E-state index in [4.69, 9.17) is 9.47 Å². The van der Waals surface area contributed by atoms with E-state index in [2.05, 4.69) is 5.10 Å². The number of carbonyl (C=O) groups excluding carboxylic acids is 2. The van der Waals surface area contributed by atoms with E-state index in [9.17, 15) is 14.4 Å². The van der Waals surface area contributed by atoms with Gasteiger partial charge in [-0.25, -0.2) is 9.48 Å². The van der Waals surface area contributed by atoms with E-state index in [1.807, 2.05) is 0 Å². The van der Waals surface area contributed by atoms with Crippen LogP contribution < -0.4 is 10.3 Å². The number of ether oxygens (including phenoxy) is 2. The van der Waals surface area contributed by atoms with Crippen molar-refractivity contribution in [1.82, 2.24) is 9.78 Å². The van der Waals surface area contributed by atoms with Gasteiger partial charge < -0.3 is 9.47 Å². The summed E-state index contributed by atoms with van der Waals surface area (Å²) in [6.07, 6.45) is 0. The first-order valence-electron chi connectivity index (χ1n) is 8.23. The number of aryl methyl sites for hydroxylation is 1. The molecule has 2 aromatic carbocycles. The van der Waals surface area contributed by atoms with Crippen LogP contribution in [-0.2, 0) is 18.4 Å². The predicted octanol–water partition coefficient (Wildman–Crippen LogP) is 2.50. The standard InChI is InChI=1S/C20H18N2O5/c1-12(23)13-8-9-17(26-3)14(10-13)11-27-20(25)18-15-6-4-5-7-16(15)19(24)22(2)21-18/h4-10H,11H2,1-3H3. The number of benzene rings is 2. The maximum Gasteiger partial charge on any atom is 0.359 e. The van der Waals surface area contributed by atoms with Crippen molar-refractivity contribution < 1.29 is 19.1 Å². The summed E-state index contributed by atoms with van der Waals surface area (Å²) in [6, 6.07) is 11.7. The van der Waals surface area contributed by atoms with Crippen molar-refractivity contribution >= 4 is 22.5 Å². The molecule has 0 atom stereocenters. The van der Waals surface area contributed by atoms with E-state index in [0.29, 0.717) is 27.6 Å². The second-order valence-electron chi connectivity index (χ2n) is 5.98. The van der Waals surface area contributed by atoms with Gasteiger partial charge in [-0.05, 0) is 31.2 Å². The van der Waals surface area contributed by atoms with Gasteiger partial charge in [0.2, 0.25) is 0 Å². The van der Waals surface area contributed by atoms with Crippen LogP contribution in [0.1, 0.15) is 33.3 Å². The number of methoxy groups -OCH3 is 1. The zero-order chi connectivity index (χ0) is 19.6. The summed E-state index contributed by atoms with van der Waals surface area (Å²) in [5.74, 6) is -0.265. The molecule has 0 unspecified atom stereocenters. The average Bonchev–Trinajstić information content (AvgIpc) is 2.68. The summed E-state index contributed by atoms with van der Waals surface area (Å²) in [5.41, 5.74) is 0.813. The van der Waals surface area contributed by atoms with Crippen molar-refractivity contribution in [2.24, 2.45) is 7.05 Å². The molecule has 0 amide bonds. The van der Waals surface area contributed by atoms with Gasteiger partial charge in [-0.3, -0.25) is 9.59 Å². The van der Waals surface area contributed by atoms with E-state index in [1.54, 1.807) is 42.5 Å². The summed E-state index contributed by atoms with van der Waals surface area (Å²) in [4.78, 5) is 36.4. The van der Waals surface area contributed by atoms with Gasteiger partial charge in [-0.2, -0.15) is 5.10 Å². The van der Waals surface area contributed by atoms with Gasteiger partial charge in [-0.15, -0.1) is 0 Å². The van der Waals surface area contributed by atoms with Gasteiger partial charge in [-0.1, -0.05) is 18.2 Å². The Balaban J connectivity index is 1.93. The molecule has 0 aliphatic heterocycles. The molecule has 0 spiro atoms. The number of rotatable bonds is 5. The lowest BCUT2D eigenvalue weighted by atomic mass is 10.1. The van der Waals surface area contributed by atoms with Gasteiger partial charge in [0.15, 0.2) is 11.5 Å². The molecule has 0 radical (unpaired) electrons. The number of esters is 1. The van der Waals surface area contributed by atoms with E-state index < -0.39 is 5.97 Å². The Morgan fingerprint density at radius 2 is 1.81 bits per heavy atom. The summed E-state index contributed by atoms with van der Waals surface area (Å²) in [7, 11) is 2.97. The monoisotopic (exact) mass is 366 g/mol. The quantitative estimate of drug-likeness (QED) is 0.509. The van der Waals surface area contributed by atoms with Gasteiger partial charge in [0.25, 0.3) is 5.56 Å². The van der Waals surface area contributed by atoms with E-state index >= 15 is 0 Å². The third-order valence-corrected chi connectivity index (χ3v) is 4.20. The highest BCUT2D eigenvalue weighted by atomic mass is 16.5. The van der Waals surface area contributed by atoms with Crippen molar-refractivity contribution in [1.29, 1.82) is 0 Å². The Kier molecular flexibility index (Phi) is 5.03. The Labute approximate surface area is 155 Å². The highest BCUT2D eigenvalue weighted by Crippen LogP contribution is 2.22. The predicted molar refractivity (Wildman–Crippen MR) is 99.1 cm³/mol. The number of carbonyl (C=O) groups is 2. The van der Waals surface area contributed by atoms with Crippen LogP contribution in [-0.4, -0.2) is 28.6 Å². The molecule has 7 heteroatoms. The lowest BCUT2D eigenvalue weighted by Gasteiger charge is -2.11. The van der Waals surface area contributed by atoms with Crippen LogP contribution in [0, 0.1) is 0 Å². The molecule has 0 saturated heterocycles. The Morgan fingerprint density at radius 1 is 1.11 bits per heavy atom. The fourth-order valence-corrected chi connectivity index (χ4v) is 2.77. The number of nitrogens with zero attached hydrogens (tertiary/aromatic N) is 2.